The fourth-order valence-electron chi connectivity index (χ4n) is 3.73. The van der Waals surface area contributed by atoms with E-state index in [0.717, 1.165) is 0 Å². The Balaban J connectivity index is 2.00. The van der Waals surface area contributed by atoms with Gasteiger partial charge in [-0.3, -0.25) is 0 Å². The number of nitrogens with one attached hydrogen (secondary N) is 1. The summed E-state index contributed by atoms with van der Waals surface area (Å²) in [4.78, 5) is 13.5. The van der Waals surface area contributed by atoms with E-state index in [1.165, 1.54) is 26.4 Å². The third kappa shape index (κ3) is 7.54. The average Bonchev–Trinajstić information content (AvgIpc) is 3.30. The van der Waals surface area contributed by atoms with Crippen LogP contribution < -0.4 is 4.72 Å². The quantitative estimate of drug-likeness (QED) is 0.117. The highest BCUT2D eigenvalue weighted by Crippen LogP contribution is 2.38. The molecule has 0 saturated carbocycles. The van der Waals surface area contributed by atoms with Crippen LogP contribution in [0.15, 0.2) is 50.8 Å². The minimum atomic E-state index is -6.15. The summed E-state index contributed by atoms with van der Waals surface area (Å²) >= 11 is 0.186. The fourth-order valence-corrected chi connectivity index (χ4v) is 4.85. The lowest BCUT2D eigenvalue weighted by atomic mass is 9.97. The molecule has 3 atom stereocenters. The first kappa shape index (κ1) is 33.2. The number of esters is 1. The molecular weight excluding hydrogens is 625 g/mol. The molecule has 1 aliphatic carbocycles. The van der Waals surface area contributed by atoms with Gasteiger partial charge in [0.15, 0.2) is 0 Å². The van der Waals surface area contributed by atoms with Crippen molar-refractivity contribution in [3.05, 3.63) is 45.6 Å². The maximum absolute atomic E-state index is 13.4. The van der Waals surface area contributed by atoms with Crippen molar-refractivity contribution in [2.45, 2.75) is 56.7 Å². The van der Waals surface area contributed by atoms with Gasteiger partial charge < -0.3 is 23.8 Å². The molecule has 11 nitrogen and oxygen atoms in total. The highest BCUT2D eigenvalue weighted by Gasteiger charge is 2.62. The van der Waals surface area contributed by atoms with E-state index in [0.29, 0.717) is 30.5 Å². The second-order valence-corrected chi connectivity index (χ2v) is 11.4. The Kier molecular flexibility index (Phi) is 10.2. The number of allylic oxidation sites excluding steroid dienone is 2. The number of ether oxygens (including phenoxy) is 3. The molecule has 1 N–H and O–H groups in total. The first-order valence-corrected chi connectivity index (χ1v) is 14.3. The lowest BCUT2D eigenvalue weighted by Crippen LogP contribution is -2.47. The van der Waals surface area contributed by atoms with Gasteiger partial charge in [-0.1, -0.05) is 24.0 Å². The first-order valence-electron chi connectivity index (χ1n) is 11.7. The summed E-state index contributed by atoms with van der Waals surface area (Å²) in [5, 5.41) is 12.7. The number of halogens is 7. The standard InChI is InChI=1S/C22H23F7N6O5S2/c1-5-15(38-2)35-14-10-13(34-42(4,37)19(23)24)9-12(8-11(14)6-7-16(35)39-3)30-32-20-33-31-17(41-20)18(36)40-22(28,29)21(25,26)27/h8,10,15-16,19H,4-7H2,1-3H3,(H,34,37). The van der Waals surface area contributed by atoms with E-state index in [1.807, 2.05) is 6.92 Å². The lowest BCUT2D eigenvalue weighted by Gasteiger charge is -2.43. The molecule has 2 aliphatic rings. The number of carbonyl (C=O) groups excluding carboxylic acids is 1. The van der Waals surface area contributed by atoms with Crippen molar-refractivity contribution in [3.63, 3.8) is 0 Å². The zero-order valence-electron chi connectivity index (χ0n) is 22.0. The van der Waals surface area contributed by atoms with E-state index < -0.39 is 56.3 Å². The molecule has 20 heteroatoms. The molecular formula is C22H23F7N6O5S2. The first-order chi connectivity index (χ1) is 19.5. The van der Waals surface area contributed by atoms with Crippen molar-refractivity contribution >= 4 is 38.0 Å². The Morgan fingerprint density at radius 3 is 2.52 bits per heavy atom. The normalized spacial score (nSPS) is 20.2. The van der Waals surface area contributed by atoms with Crippen LogP contribution in [0.5, 0.6) is 0 Å². The smallest absolute Gasteiger partial charge is 0.388 e. The van der Waals surface area contributed by atoms with Crippen LogP contribution in [0, 0.1) is 0 Å². The second-order valence-electron chi connectivity index (χ2n) is 8.44. The fraction of sp³-hybridized carbons (Fsp3) is 0.500. The monoisotopic (exact) mass is 648 g/mol. The number of hydrogen-bond donors (Lipinski definition) is 1. The number of hydrogen-bond acceptors (Lipinski definition) is 11. The number of aromatic nitrogens is 2. The average molecular weight is 649 g/mol. The second kappa shape index (κ2) is 12.9. The van der Waals surface area contributed by atoms with E-state index in [9.17, 15) is 39.7 Å². The molecule has 232 valence electrons. The molecule has 3 rings (SSSR count). The summed E-state index contributed by atoms with van der Waals surface area (Å²) in [6.07, 6.45) is -8.70. The molecule has 1 fully saturated rings. The highest BCUT2D eigenvalue weighted by molar-refractivity contribution is 7.98. The van der Waals surface area contributed by atoms with Gasteiger partial charge in [0.1, 0.15) is 27.9 Å². The number of methoxy groups -OCH3 is 2. The van der Waals surface area contributed by atoms with Crippen LogP contribution in [0.4, 0.5) is 35.9 Å². The van der Waals surface area contributed by atoms with Crippen LogP contribution in [0.3, 0.4) is 0 Å². The summed E-state index contributed by atoms with van der Waals surface area (Å²) in [5.41, 5.74) is 3.33. The summed E-state index contributed by atoms with van der Waals surface area (Å²) in [5.74, 6) is -2.42. The van der Waals surface area contributed by atoms with Gasteiger partial charge in [-0.25, -0.2) is 9.00 Å². The molecule has 1 aliphatic heterocycles. The molecule has 1 aromatic rings. The summed E-state index contributed by atoms with van der Waals surface area (Å²) in [6.45, 7) is 1.85. The molecule has 0 amide bonds. The van der Waals surface area contributed by atoms with Crippen molar-refractivity contribution in [2.75, 3.05) is 14.2 Å². The van der Waals surface area contributed by atoms with E-state index in [-0.39, 0.29) is 22.7 Å². The van der Waals surface area contributed by atoms with Crippen molar-refractivity contribution in [3.8, 4) is 0 Å². The van der Waals surface area contributed by atoms with Gasteiger partial charge in [0.2, 0.25) is 5.01 Å². The van der Waals surface area contributed by atoms with E-state index in [2.05, 4.69) is 41.5 Å². The summed E-state index contributed by atoms with van der Waals surface area (Å²) in [7, 11) is -1.22. The third-order valence-electron chi connectivity index (χ3n) is 5.59. The zero-order valence-corrected chi connectivity index (χ0v) is 23.6. The van der Waals surface area contributed by atoms with Gasteiger partial charge in [0, 0.05) is 19.9 Å². The number of piperidine rings is 1. The van der Waals surface area contributed by atoms with E-state index >= 15 is 0 Å². The number of fused-ring (bicyclic) bond motifs is 1. The van der Waals surface area contributed by atoms with Crippen LogP contribution >= 0.6 is 11.3 Å². The minimum Gasteiger partial charge on any atom is -0.388 e. The molecule has 0 spiro atoms. The highest BCUT2D eigenvalue weighted by atomic mass is 32.2. The Morgan fingerprint density at radius 2 is 1.95 bits per heavy atom. The Morgan fingerprint density at radius 1 is 1.26 bits per heavy atom. The van der Waals surface area contributed by atoms with Crippen LogP contribution in [-0.2, 0) is 23.9 Å². The topological polar surface area (TPSA) is 128 Å². The van der Waals surface area contributed by atoms with Gasteiger partial charge in [0.05, 0.1) is 5.70 Å². The van der Waals surface area contributed by atoms with E-state index in [1.54, 1.807) is 4.90 Å². The number of alkyl halides is 7. The molecule has 0 bridgehead atoms. The Bertz CT molecular complexity index is 1440. The maximum atomic E-state index is 13.4. The van der Waals surface area contributed by atoms with Crippen LogP contribution in [0.2, 0.25) is 0 Å². The van der Waals surface area contributed by atoms with E-state index in [4.69, 9.17) is 9.47 Å². The number of likely N-dealkylation sites (tertiary alicyclic amines) is 1. The molecule has 0 radical (unpaired) electrons. The number of nitrogens with zero attached hydrogens (tertiary/aromatic N) is 5. The van der Waals surface area contributed by atoms with Crippen LogP contribution in [0.25, 0.3) is 0 Å². The molecule has 3 unspecified atom stereocenters. The summed E-state index contributed by atoms with van der Waals surface area (Å²) < 4.78 is 119. The van der Waals surface area contributed by atoms with Gasteiger partial charge >= 0.3 is 24.0 Å². The van der Waals surface area contributed by atoms with Gasteiger partial charge in [-0.15, -0.1) is 20.4 Å². The number of carbonyl (C=O) groups is 1. The third-order valence-corrected chi connectivity index (χ3v) is 7.52. The van der Waals surface area contributed by atoms with Crippen molar-refractivity contribution < 1.29 is 53.9 Å². The predicted molar refractivity (Wildman–Crippen MR) is 135 cm³/mol. The molecule has 1 aromatic heterocycles. The van der Waals surface area contributed by atoms with Crippen LogP contribution in [-0.4, -0.2) is 75.9 Å². The largest absolute Gasteiger partial charge is 0.501 e. The molecule has 2 heterocycles. The van der Waals surface area contributed by atoms with Crippen molar-refractivity contribution in [2.24, 2.45) is 10.2 Å². The minimum absolute atomic E-state index is 0.132. The van der Waals surface area contributed by atoms with Crippen LogP contribution in [0.1, 0.15) is 36.0 Å². The number of azo groups is 1. The predicted octanol–water partition coefficient (Wildman–Crippen LogP) is 5.02. The lowest BCUT2D eigenvalue weighted by molar-refractivity contribution is -0.370. The maximum Gasteiger partial charge on any atom is 0.501 e. The molecule has 0 aromatic carbocycles. The Hall–Kier alpha value is -3.32. The van der Waals surface area contributed by atoms with Gasteiger partial charge in [-0.2, -0.15) is 30.7 Å². The van der Waals surface area contributed by atoms with Crippen molar-refractivity contribution in [1.29, 1.82) is 0 Å². The summed E-state index contributed by atoms with van der Waals surface area (Å²) in [6, 6.07) is 0. The number of rotatable bonds is 11. The SMILES string of the molecule is C=S(=O)(NC1=C=C(N=Nc2nnc(C(=O)OC(F)(F)C(F)(F)F)s2)C=C2CCC(OC)N(C(CC)OC)C2=C1)C(F)F. The Labute approximate surface area is 238 Å². The molecule has 42 heavy (non-hydrogen) atoms. The zero-order chi connectivity index (χ0) is 31.5. The van der Waals surface area contributed by atoms with Gasteiger partial charge in [-0.05, 0) is 42.9 Å². The van der Waals surface area contributed by atoms with Crippen molar-refractivity contribution in [1.82, 2.24) is 19.8 Å². The molecule has 1 saturated heterocycles. The van der Waals surface area contributed by atoms with Gasteiger partial charge in [0.25, 0.3) is 5.13 Å².